The van der Waals surface area contributed by atoms with Crippen LogP contribution in [0.15, 0.2) is 12.3 Å². The van der Waals surface area contributed by atoms with Crippen molar-refractivity contribution in [1.29, 1.82) is 0 Å². The van der Waals surface area contributed by atoms with Crippen LogP contribution in [0.25, 0.3) is 12.4 Å². The normalized spacial score (nSPS) is 14.7. The number of hydrogen-bond acceptors (Lipinski definition) is 3. The summed E-state index contributed by atoms with van der Waals surface area (Å²) in [6.07, 6.45) is 4.90. The number of fused-ring (bicyclic) bond motifs is 1. The van der Waals surface area contributed by atoms with Crippen LogP contribution in [0.4, 0.5) is 0 Å². The van der Waals surface area contributed by atoms with Crippen LogP contribution in [0.5, 0.6) is 0 Å². The second kappa shape index (κ2) is 1.78. The van der Waals surface area contributed by atoms with Gasteiger partial charge in [0.15, 0.2) is 0 Å². The molecule has 0 fully saturated rings. The summed E-state index contributed by atoms with van der Waals surface area (Å²) in [6.45, 7) is 0. The molecule has 2 heterocycles. The van der Waals surface area contributed by atoms with Crippen molar-refractivity contribution in [2.24, 2.45) is 0 Å². The molecule has 4 heteroatoms. The van der Waals surface area contributed by atoms with Crippen LogP contribution in [0, 0.1) is 5.21 Å². The van der Waals surface area contributed by atoms with Gasteiger partial charge >= 0.3 is 0 Å². The van der Waals surface area contributed by atoms with Crippen LogP contribution < -0.4 is 16.0 Å². The molecule has 2 N–H and O–H groups in total. The molecule has 1 aromatic heterocycles. The number of rotatable bonds is 0. The van der Waals surface area contributed by atoms with Gasteiger partial charge in [0.25, 0.3) is 0 Å². The predicted molar refractivity (Wildman–Crippen MR) is 37.3 cm³/mol. The number of hydrazine groups is 1. The van der Waals surface area contributed by atoms with E-state index in [1.54, 1.807) is 12.4 Å². The van der Waals surface area contributed by atoms with E-state index in [2.05, 4.69) is 10.4 Å². The maximum atomic E-state index is 10.6. The van der Waals surface area contributed by atoms with Gasteiger partial charge in [-0.1, -0.05) is 0 Å². The molecule has 0 bridgehead atoms. The van der Waals surface area contributed by atoms with Gasteiger partial charge in [0.05, 0.1) is 5.35 Å². The molecule has 10 heavy (non-hydrogen) atoms. The zero-order valence-electron chi connectivity index (χ0n) is 5.16. The van der Waals surface area contributed by atoms with Gasteiger partial charge in [-0.2, -0.15) is 0 Å². The largest absolute Gasteiger partial charge is 0.739 e. The van der Waals surface area contributed by atoms with E-state index in [-0.39, 0.29) is 0 Å². The fraction of sp³-hybridized carbons (Fsp3) is 0. The Hall–Kier alpha value is -1.42. The standard InChI is InChI=1S/C6H6N3O/c10-9-4-5-1-2-7-6(5)3-8-9/h1-4,7-8H/q-1. The summed E-state index contributed by atoms with van der Waals surface area (Å²) in [7, 11) is 0. The summed E-state index contributed by atoms with van der Waals surface area (Å²) in [6, 6.07) is 1.84. The molecule has 0 aromatic carbocycles. The highest BCUT2D eigenvalue weighted by atomic mass is 16.5. The van der Waals surface area contributed by atoms with E-state index in [4.69, 9.17) is 0 Å². The molecular formula is C6H6N3O-. The molecule has 0 saturated heterocycles. The molecule has 4 nitrogen and oxygen atoms in total. The number of hydroxylamine groups is 1. The molecule has 1 aliphatic heterocycles. The lowest BCUT2D eigenvalue weighted by Gasteiger charge is -2.26. The van der Waals surface area contributed by atoms with Gasteiger partial charge in [-0.25, -0.2) is 0 Å². The number of H-pyrrole nitrogens is 1. The Balaban J connectivity index is 2.73. The zero-order chi connectivity index (χ0) is 6.97. The first-order valence-electron chi connectivity index (χ1n) is 2.94. The Morgan fingerprint density at radius 2 is 2.40 bits per heavy atom. The molecule has 0 atom stereocenters. The van der Waals surface area contributed by atoms with E-state index in [9.17, 15) is 5.21 Å². The quantitative estimate of drug-likeness (QED) is 0.471. The first-order valence-corrected chi connectivity index (χ1v) is 2.94. The van der Waals surface area contributed by atoms with Crippen molar-refractivity contribution >= 4 is 12.4 Å². The lowest BCUT2D eigenvalue weighted by atomic mass is 10.4. The Bertz CT molecular complexity index is 340. The van der Waals surface area contributed by atoms with Crippen LogP contribution in [-0.4, -0.2) is 10.2 Å². The molecule has 0 radical (unpaired) electrons. The van der Waals surface area contributed by atoms with Crippen LogP contribution in [-0.2, 0) is 0 Å². The van der Waals surface area contributed by atoms with Crippen LogP contribution in [0.2, 0.25) is 0 Å². The van der Waals surface area contributed by atoms with E-state index in [1.165, 1.54) is 6.20 Å². The number of nitrogens with zero attached hydrogens (tertiary/aromatic N) is 1. The highest BCUT2D eigenvalue weighted by molar-refractivity contribution is 5.32. The number of hydrogen-bond donors (Lipinski definition) is 2. The number of nitrogens with one attached hydrogen (secondary N) is 2. The smallest absolute Gasteiger partial charge is 0.0647 e. The Labute approximate surface area is 57.0 Å². The molecule has 0 saturated carbocycles. The van der Waals surface area contributed by atoms with Crippen molar-refractivity contribution in [3.8, 4) is 0 Å². The fourth-order valence-corrected chi connectivity index (χ4v) is 0.924. The third kappa shape index (κ3) is 0.663. The highest BCUT2D eigenvalue weighted by Crippen LogP contribution is 1.80. The van der Waals surface area contributed by atoms with Gasteiger partial charge in [0.1, 0.15) is 0 Å². The predicted octanol–water partition coefficient (Wildman–Crippen LogP) is -1.19. The molecule has 0 amide bonds. The van der Waals surface area contributed by atoms with E-state index >= 15 is 0 Å². The van der Waals surface area contributed by atoms with Gasteiger partial charge in [0, 0.05) is 23.8 Å². The van der Waals surface area contributed by atoms with Crippen molar-refractivity contribution in [1.82, 2.24) is 15.6 Å². The first-order chi connectivity index (χ1) is 4.86. The highest BCUT2D eigenvalue weighted by Gasteiger charge is 1.90. The Kier molecular flexibility index (Phi) is 0.956. The number of aromatic amines is 1. The minimum absolute atomic E-state index is 0.663. The third-order valence-corrected chi connectivity index (χ3v) is 1.41. The SMILES string of the molecule is [O-]N1C=c2cc[nH]c2=CN1. The molecular weight excluding hydrogens is 130 g/mol. The van der Waals surface area contributed by atoms with Crippen molar-refractivity contribution in [2.45, 2.75) is 0 Å². The van der Waals surface area contributed by atoms with Gasteiger partial charge in [-0.3, -0.25) is 0 Å². The topological polar surface area (TPSA) is 54.1 Å². The van der Waals surface area contributed by atoms with E-state index in [1.807, 2.05) is 6.07 Å². The van der Waals surface area contributed by atoms with Crippen molar-refractivity contribution in [3.05, 3.63) is 28.0 Å². The average Bonchev–Trinajstić information content (AvgIpc) is 2.33. The molecule has 0 aliphatic carbocycles. The summed E-state index contributed by atoms with van der Waals surface area (Å²) in [5.41, 5.74) is 2.49. The van der Waals surface area contributed by atoms with Gasteiger partial charge in [-0.15, -0.1) is 0 Å². The zero-order valence-corrected chi connectivity index (χ0v) is 5.16. The lowest BCUT2D eigenvalue weighted by Crippen LogP contribution is -2.38. The molecule has 1 aromatic rings. The average molecular weight is 136 g/mol. The first kappa shape index (κ1) is 5.37. The van der Waals surface area contributed by atoms with E-state index in [0.717, 1.165) is 10.6 Å². The second-order valence-electron chi connectivity index (χ2n) is 2.08. The molecule has 2 rings (SSSR count). The maximum absolute atomic E-state index is 10.6. The molecule has 52 valence electrons. The summed E-state index contributed by atoms with van der Waals surface area (Å²) in [4.78, 5) is 2.96. The number of aromatic nitrogens is 1. The van der Waals surface area contributed by atoms with Gasteiger partial charge in [0.2, 0.25) is 0 Å². The summed E-state index contributed by atoms with van der Waals surface area (Å²) in [5, 5.41) is 13.1. The minimum atomic E-state index is 0.663. The summed E-state index contributed by atoms with van der Waals surface area (Å²) < 4.78 is 0. The molecule has 0 spiro atoms. The Morgan fingerprint density at radius 1 is 1.50 bits per heavy atom. The van der Waals surface area contributed by atoms with Crippen LogP contribution in [0.3, 0.4) is 0 Å². The lowest BCUT2D eigenvalue weighted by molar-refractivity contribution is 0.490. The van der Waals surface area contributed by atoms with Crippen molar-refractivity contribution < 1.29 is 0 Å². The maximum Gasteiger partial charge on any atom is 0.0647 e. The monoisotopic (exact) mass is 136 g/mol. The van der Waals surface area contributed by atoms with Crippen LogP contribution in [0.1, 0.15) is 0 Å². The van der Waals surface area contributed by atoms with E-state index in [0.29, 0.717) is 5.17 Å². The van der Waals surface area contributed by atoms with E-state index < -0.39 is 0 Å². The Morgan fingerprint density at radius 3 is 3.30 bits per heavy atom. The third-order valence-electron chi connectivity index (χ3n) is 1.41. The van der Waals surface area contributed by atoms with Crippen molar-refractivity contribution in [2.75, 3.05) is 0 Å². The van der Waals surface area contributed by atoms with Crippen molar-refractivity contribution in [3.63, 3.8) is 0 Å². The minimum Gasteiger partial charge on any atom is -0.739 e. The summed E-state index contributed by atoms with van der Waals surface area (Å²) in [5.74, 6) is 0. The van der Waals surface area contributed by atoms with Gasteiger partial charge < -0.3 is 20.8 Å². The second-order valence-corrected chi connectivity index (χ2v) is 2.08. The van der Waals surface area contributed by atoms with Crippen LogP contribution >= 0.6 is 0 Å². The fourth-order valence-electron chi connectivity index (χ4n) is 0.924. The summed E-state index contributed by atoms with van der Waals surface area (Å²) >= 11 is 0. The molecule has 1 aliphatic rings. The van der Waals surface area contributed by atoms with Gasteiger partial charge in [-0.05, 0) is 6.07 Å². The molecule has 0 unspecified atom stereocenters.